The molecular formula is C12H12Cl3N5OS. The zero-order valence-electron chi connectivity index (χ0n) is 11.4. The molecule has 0 aliphatic rings. The van der Waals surface area contributed by atoms with Gasteiger partial charge in [0.1, 0.15) is 0 Å². The van der Waals surface area contributed by atoms with Crippen LogP contribution in [0.3, 0.4) is 0 Å². The number of aromatic nitrogens is 3. The van der Waals surface area contributed by atoms with Crippen molar-refractivity contribution >= 4 is 58.2 Å². The van der Waals surface area contributed by atoms with E-state index in [4.69, 9.17) is 40.6 Å². The lowest BCUT2D eigenvalue weighted by molar-refractivity contribution is -0.113. The van der Waals surface area contributed by atoms with Crippen molar-refractivity contribution in [2.45, 2.75) is 18.5 Å². The number of carbonyl (C=O) groups excluding carboxylic acids is 1. The number of hydrogen-bond donors (Lipinski definition) is 2. The summed E-state index contributed by atoms with van der Waals surface area (Å²) in [4.78, 5) is 12.0. The summed E-state index contributed by atoms with van der Waals surface area (Å²) in [7, 11) is 0. The number of thioether (sulfide) groups is 1. The van der Waals surface area contributed by atoms with Gasteiger partial charge >= 0.3 is 0 Å². The highest BCUT2D eigenvalue weighted by molar-refractivity contribution is 7.99. The summed E-state index contributed by atoms with van der Waals surface area (Å²) in [6.45, 7) is 1.92. The van der Waals surface area contributed by atoms with E-state index in [0.29, 0.717) is 28.1 Å². The number of nitrogens with one attached hydrogen (secondary N) is 1. The lowest BCUT2D eigenvalue weighted by Gasteiger charge is -2.09. The van der Waals surface area contributed by atoms with Crippen LogP contribution in [0.5, 0.6) is 0 Å². The molecule has 0 radical (unpaired) electrons. The quantitative estimate of drug-likeness (QED) is 0.614. The molecule has 0 saturated heterocycles. The van der Waals surface area contributed by atoms with E-state index in [1.54, 1.807) is 0 Å². The molecule has 2 aromatic rings. The summed E-state index contributed by atoms with van der Waals surface area (Å²) < 4.78 is 1.36. The number of nitrogens with two attached hydrogens (primary N) is 1. The molecule has 0 unspecified atom stereocenters. The maximum atomic E-state index is 12.0. The number of carbonyl (C=O) groups is 1. The normalized spacial score (nSPS) is 10.7. The molecule has 0 fully saturated rings. The Kier molecular flexibility index (Phi) is 5.80. The van der Waals surface area contributed by atoms with Crippen LogP contribution in [0.1, 0.15) is 12.7 Å². The van der Waals surface area contributed by atoms with Crippen LogP contribution in [0.4, 0.5) is 5.69 Å². The molecule has 0 bridgehead atoms. The van der Waals surface area contributed by atoms with E-state index in [-0.39, 0.29) is 21.7 Å². The summed E-state index contributed by atoms with van der Waals surface area (Å²) in [5, 5.41) is 11.9. The van der Waals surface area contributed by atoms with Gasteiger partial charge in [-0.05, 0) is 12.1 Å². The molecule has 3 N–H and O–H groups in total. The molecule has 0 atom stereocenters. The molecule has 6 nitrogen and oxygen atoms in total. The second-order valence-electron chi connectivity index (χ2n) is 4.20. The molecule has 1 heterocycles. The zero-order valence-corrected chi connectivity index (χ0v) is 14.5. The minimum atomic E-state index is -0.294. The van der Waals surface area contributed by atoms with Crippen LogP contribution in [0.2, 0.25) is 15.1 Å². The molecule has 22 heavy (non-hydrogen) atoms. The van der Waals surface area contributed by atoms with Gasteiger partial charge in [0.05, 0.1) is 21.5 Å². The Morgan fingerprint density at radius 2 is 1.95 bits per heavy atom. The predicted molar refractivity (Wildman–Crippen MR) is 90.4 cm³/mol. The number of anilines is 1. The Morgan fingerprint density at radius 3 is 2.50 bits per heavy atom. The van der Waals surface area contributed by atoms with Crippen molar-refractivity contribution in [1.82, 2.24) is 14.9 Å². The van der Waals surface area contributed by atoms with Gasteiger partial charge in [-0.1, -0.05) is 53.5 Å². The van der Waals surface area contributed by atoms with Crippen molar-refractivity contribution in [3.8, 4) is 0 Å². The molecule has 118 valence electrons. The number of nitrogen functional groups attached to an aromatic ring is 1. The van der Waals surface area contributed by atoms with E-state index in [1.165, 1.54) is 28.6 Å². The summed E-state index contributed by atoms with van der Waals surface area (Å²) in [6, 6.07) is 3.00. The second kappa shape index (κ2) is 7.41. The molecule has 2 rings (SSSR count). The van der Waals surface area contributed by atoms with Gasteiger partial charge in [0.15, 0.2) is 5.82 Å². The highest BCUT2D eigenvalue weighted by Crippen LogP contribution is 2.33. The predicted octanol–water partition coefficient (Wildman–Crippen LogP) is 3.25. The first-order valence-corrected chi connectivity index (χ1v) is 8.30. The number of rotatable bonds is 5. The third-order valence-corrected chi connectivity index (χ3v) is 4.41. The van der Waals surface area contributed by atoms with Gasteiger partial charge in [0.2, 0.25) is 11.1 Å². The average Bonchev–Trinajstić information content (AvgIpc) is 2.81. The Morgan fingerprint density at radius 1 is 1.32 bits per heavy atom. The first-order chi connectivity index (χ1) is 10.4. The van der Waals surface area contributed by atoms with E-state index >= 15 is 0 Å². The fraction of sp³-hybridized carbons (Fsp3) is 0.250. The Hall–Kier alpha value is -1.15. The highest BCUT2D eigenvalue weighted by Gasteiger charge is 2.14. The van der Waals surface area contributed by atoms with Crippen LogP contribution in [0, 0.1) is 0 Å². The topological polar surface area (TPSA) is 85.8 Å². The summed E-state index contributed by atoms with van der Waals surface area (Å²) in [5.41, 5.74) is 0.321. The van der Waals surface area contributed by atoms with Gasteiger partial charge in [0.25, 0.3) is 0 Å². The molecule has 10 heteroatoms. The first-order valence-electron chi connectivity index (χ1n) is 6.19. The van der Waals surface area contributed by atoms with Gasteiger partial charge in [-0.15, -0.1) is 10.2 Å². The third kappa shape index (κ3) is 3.98. The fourth-order valence-electron chi connectivity index (χ4n) is 1.61. The minimum absolute atomic E-state index is 0.0916. The monoisotopic (exact) mass is 379 g/mol. The third-order valence-electron chi connectivity index (χ3n) is 2.66. The molecule has 0 saturated carbocycles. The maximum Gasteiger partial charge on any atom is 0.234 e. The van der Waals surface area contributed by atoms with Crippen molar-refractivity contribution < 1.29 is 4.79 Å². The van der Waals surface area contributed by atoms with E-state index < -0.39 is 0 Å². The Balaban J connectivity index is 2.00. The number of hydrogen-bond acceptors (Lipinski definition) is 5. The first kappa shape index (κ1) is 17.2. The largest absolute Gasteiger partial charge is 0.336 e. The van der Waals surface area contributed by atoms with Crippen molar-refractivity contribution in [3.63, 3.8) is 0 Å². The number of amides is 1. The lowest BCUT2D eigenvalue weighted by Crippen LogP contribution is -2.17. The zero-order chi connectivity index (χ0) is 16.3. The van der Waals surface area contributed by atoms with E-state index in [9.17, 15) is 4.79 Å². The summed E-state index contributed by atoms with van der Waals surface area (Å²) in [5.74, 6) is 6.24. The van der Waals surface area contributed by atoms with E-state index in [1.807, 2.05) is 6.92 Å². The Labute approximate surface area is 146 Å². The van der Waals surface area contributed by atoms with Crippen molar-refractivity contribution in [3.05, 3.63) is 33.0 Å². The van der Waals surface area contributed by atoms with Crippen molar-refractivity contribution in [2.75, 3.05) is 16.9 Å². The minimum Gasteiger partial charge on any atom is -0.336 e. The van der Waals surface area contributed by atoms with Crippen LogP contribution < -0.4 is 11.2 Å². The number of halogens is 3. The van der Waals surface area contributed by atoms with Gasteiger partial charge < -0.3 is 11.2 Å². The smallest absolute Gasteiger partial charge is 0.234 e. The van der Waals surface area contributed by atoms with Gasteiger partial charge in [0, 0.05) is 11.4 Å². The van der Waals surface area contributed by atoms with Crippen LogP contribution in [-0.2, 0) is 11.2 Å². The molecule has 1 aromatic heterocycles. The lowest BCUT2D eigenvalue weighted by atomic mass is 10.3. The van der Waals surface area contributed by atoms with Crippen LogP contribution in [0.25, 0.3) is 0 Å². The number of benzene rings is 1. The highest BCUT2D eigenvalue weighted by atomic mass is 35.5. The van der Waals surface area contributed by atoms with Crippen LogP contribution in [-0.4, -0.2) is 26.5 Å². The van der Waals surface area contributed by atoms with Crippen LogP contribution >= 0.6 is 46.6 Å². The molecule has 1 amide bonds. The van der Waals surface area contributed by atoms with Crippen molar-refractivity contribution in [1.29, 1.82) is 0 Å². The summed E-state index contributed by atoms with van der Waals surface area (Å²) in [6.07, 6.45) is 0.659. The number of nitrogens with zero attached hydrogens (tertiary/aromatic N) is 3. The summed E-state index contributed by atoms with van der Waals surface area (Å²) >= 11 is 19.0. The fourth-order valence-corrected chi connectivity index (χ4v) is 3.20. The van der Waals surface area contributed by atoms with Gasteiger partial charge in [-0.2, -0.15) is 0 Å². The SMILES string of the molecule is CCc1nnc(SCC(=O)Nc2c(Cl)cc(Cl)cc2Cl)n1N. The van der Waals surface area contributed by atoms with E-state index in [2.05, 4.69) is 15.5 Å². The number of aryl methyl sites for hydroxylation is 1. The standard InChI is InChI=1S/C12H12Cl3N5OS/c1-2-9-18-19-12(20(9)16)22-5-10(21)17-11-7(14)3-6(13)4-8(11)15/h3-4H,2,5,16H2,1H3,(H,17,21). The molecule has 1 aromatic carbocycles. The van der Waals surface area contributed by atoms with Gasteiger partial charge in [-0.3, -0.25) is 4.79 Å². The molecule has 0 aliphatic heterocycles. The van der Waals surface area contributed by atoms with Crippen molar-refractivity contribution in [2.24, 2.45) is 0 Å². The average molecular weight is 381 g/mol. The van der Waals surface area contributed by atoms with E-state index in [0.717, 1.165) is 0 Å². The molecule has 0 spiro atoms. The second-order valence-corrected chi connectivity index (χ2v) is 6.40. The Bertz CT molecular complexity index is 683. The van der Waals surface area contributed by atoms with Crippen LogP contribution in [0.15, 0.2) is 17.3 Å². The molecular weight excluding hydrogens is 369 g/mol. The molecule has 0 aliphatic carbocycles. The maximum absolute atomic E-state index is 12.0. The van der Waals surface area contributed by atoms with Gasteiger partial charge in [-0.25, -0.2) is 4.68 Å².